The average molecular weight is 349 g/mol. The first-order chi connectivity index (χ1) is 9.83. The highest BCUT2D eigenvalue weighted by molar-refractivity contribution is 9.11. The summed E-state index contributed by atoms with van der Waals surface area (Å²) in [5.74, 6) is 0. The maximum atomic E-state index is 4.24. The number of hydrogen-bond acceptors (Lipinski definition) is 4. The number of H-pyrrole nitrogens is 1. The van der Waals surface area contributed by atoms with E-state index in [0.29, 0.717) is 6.54 Å². The van der Waals surface area contributed by atoms with Crippen LogP contribution in [0.2, 0.25) is 0 Å². The second kappa shape index (κ2) is 6.30. The van der Waals surface area contributed by atoms with Gasteiger partial charge in [0.2, 0.25) is 0 Å². The van der Waals surface area contributed by atoms with Crippen molar-refractivity contribution in [3.63, 3.8) is 0 Å². The van der Waals surface area contributed by atoms with Crippen LogP contribution in [0.25, 0.3) is 11.3 Å². The third-order valence-electron chi connectivity index (χ3n) is 2.89. The summed E-state index contributed by atoms with van der Waals surface area (Å²) < 4.78 is 1.15. The summed E-state index contributed by atoms with van der Waals surface area (Å²) in [4.78, 5) is 1.29. The number of thiophene rings is 1. The lowest BCUT2D eigenvalue weighted by Crippen LogP contribution is -2.12. The fraction of sp³-hybridized carbons (Fsp3) is 0.143. The Labute approximate surface area is 129 Å². The van der Waals surface area contributed by atoms with Crippen molar-refractivity contribution in [1.29, 1.82) is 0 Å². The molecule has 0 saturated heterocycles. The van der Waals surface area contributed by atoms with Gasteiger partial charge in [0.1, 0.15) is 11.4 Å². The normalized spacial score (nSPS) is 10.8. The number of nitrogens with one attached hydrogen (secondary N) is 2. The van der Waals surface area contributed by atoms with Crippen LogP contribution in [0, 0.1) is 0 Å². The van der Waals surface area contributed by atoms with Crippen molar-refractivity contribution in [3.8, 4) is 11.3 Å². The average Bonchev–Trinajstić information content (AvgIpc) is 3.09. The van der Waals surface area contributed by atoms with E-state index in [9.17, 15) is 0 Å². The molecule has 0 atom stereocenters. The van der Waals surface area contributed by atoms with Gasteiger partial charge in [-0.3, -0.25) is 0 Å². The minimum atomic E-state index is 0.691. The molecule has 2 N–H and O–H groups in total. The van der Waals surface area contributed by atoms with Crippen LogP contribution < -0.4 is 5.32 Å². The number of aromatic amines is 1. The molecule has 0 aliphatic rings. The zero-order valence-electron chi connectivity index (χ0n) is 10.6. The third kappa shape index (κ3) is 3.15. The molecule has 0 aliphatic carbocycles. The summed E-state index contributed by atoms with van der Waals surface area (Å²) in [7, 11) is 0. The van der Waals surface area contributed by atoms with Crippen LogP contribution >= 0.6 is 27.3 Å². The summed E-state index contributed by atoms with van der Waals surface area (Å²) in [5.41, 5.74) is 2.93. The predicted molar refractivity (Wildman–Crippen MR) is 84.4 cm³/mol. The molecule has 20 heavy (non-hydrogen) atoms. The van der Waals surface area contributed by atoms with Crippen molar-refractivity contribution in [2.24, 2.45) is 0 Å². The Morgan fingerprint density at radius 2 is 1.90 bits per heavy atom. The molecule has 1 aromatic carbocycles. The Morgan fingerprint density at radius 1 is 1.05 bits per heavy atom. The number of benzene rings is 1. The van der Waals surface area contributed by atoms with Crippen molar-refractivity contribution < 1.29 is 0 Å². The summed E-state index contributed by atoms with van der Waals surface area (Å²) in [6.45, 7) is 1.52. The number of aromatic nitrogens is 3. The van der Waals surface area contributed by atoms with E-state index >= 15 is 0 Å². The lowest BCUT2D eigenvalue weighted by atomic mass is 10.1. The van der Waals surface area contributed by atoms with E-state index in [1.54, 1.807) is 11.3 Å². The molecule has 0 radical (unpaired) electrons. The monoisotopic (exact) mass is 348 g/mol. The SMILES string of the molecule is Brc1ccc(CNCc2n[nH]nc2-c2ccccc2)s1. The summed E-state index contributed by atoms with van der Waals surface area (Å²) in [6, 6.07) is 14.3. The Balaban J connectivity index is 1.65. The minimum absolute atomic E-state index is 0.691. The van der Waals surface area contributed by atoms with Crippen molar-refractivity contribution in [3.05, 3.63) is 56.8 Å². The fourth-order valence-electron chi connectivity index (χ4n) is 1.95. The lowest BCUT2D eigenvalue weighted by molar-refractivity contribution is 0.684. The largest absolute Gasteiger partial charge is 0.306 e. The van der Waals surface area contributed by atoms with Crippen LogP contribution in [0.3, 0.4) is 0 Å². The molecule has 4 nitrogen and oxygen atoms in total. The van der Waals surface area contributed by atoms with Crippen LogP contribution in [0.15, 0.2) is 46.3 Å². The first-order valence-electron chi connectivity index (χ1n) is 6.23. The van der Waals surface area contributed by atoms with E-state index in [4.69, 9.17) is 0 Å². The first kappa shape index (κ1) is 13.5. The zero-order chi connectivity index (χ0) is 13.8. The molecule has 2 heterocycles. The van der Waals surface area contributed by atoms with Gasteiger partial charge >= 0.3 is 0 Å². The van der Waals surface area contributed by atoms with Gasteiger partial charge in [-0.15, -0.1) is 11.3 Å². The molecule has 3 rings (SSSR count). The van der Waals surface area contributed by atoms with E-state index < -0.39 is 0 Å². The Morgan fingerprint density at radius 3 is 2.65 bits per heavy atom. The van der Waals surface area contributed by atoms with Crippen molar-refractivity contribution in [1.82, 2.24) is 20.7 Å². The van der Waals surface area contributed by atoms with Crippen molar-refractivity contribution in [2.75, 3.05) is 0 Å². The third-order valence-corrected chi connectivity index (χ3v) is 4.51. The Hall–Kier alpha value is -1.50. The molecular formula is C14H13BrN4S. The number of hydrogen-bond donors (Lipinski definition) is 2. The first-order valence-corrected chi connectivity index (χ1v) is 7.84. The molecule has 0 bridgehead atoms. The van der Waals surface area contributed by atoms with E-state index in [1.165, 1.54) is 4.88 Å². The summed E-state index contributed by atoms with van der Waals surface area (Å²) in [6.07, 6.45) is 0. The van der Waals surface area contributed by atoms with Gasteiger partial charge in [0.25, 0.3) is 0 Å². The summed E-state index contributed by atoms with van der Waals surface area (Å²) in [5, 5.41) is 14.6. The van der Waals surface area contributed by atoms with E-state index in [0.717, 1.165) is 27.3 Å². The van der Waals surface area contributed by atoms with Gasteiger partial charge in [-0.1, -0.05) is 30.3 Å². The van der Waals surface area contributed by atoms with Gasteiger partial charge in [0.05, 0.1) is 3.79 Å². The van der Waals surface area contributed by atoms with Gasteiger partial charge in [-0.25, -0.2) is 0 Å². The van der Waals surface area contributed by atoms with Gasteiger partial charge in [-0.2, -0.15) is 15.4 Å². The predicted octanol–water partition coefficient (Wildman–Crippen LogP) is 3.59. The highest BCUT2D eigenvalue weighted by atomic mass is 79.9. The topological polar surface area (TPSA) is 53.6 Å². The molecule has 0 saturated carbocycles. The Bertz CT molecular complexity index is 677. The molecular weight excluding hydrogens is 336 g/mol. The second-order valence-electron chi connectivity index (χ2n) is 4.29. The van der Waals surface area contributed by atoms with E-state index in [2.05, 4.69) is 48.8 Å². The molecule has 0 unspecified atom stereocenters. The smallest absolute Gasteiger partial charge is 0.117 e. The van der Waals surface area contributed by atoms with Crippen LogP contribution in [-0.2, 0) is 13.1 Å². The number of halogens is 1. The molecule has 2 aromatic heterocycles. The van der Waals surface area contributed by atoms with E-state index in [1.807, 2.05) is 30.3 Å². The van der Waals surface area contributed by atoms with Crippen LogP contribution in [0.5, 0.6) is 0 Å². The van der Waals surface area contributed by atoms with Crippen molar-refractivity contribution in [2.45, 2.75) is 13.1 Å². The maximum Gasteiger partial charge on any atom is 0.117 e. The maximum absolute atomic E-state index is 4.24. The van der Waals surface area contributed by atoms with Crippen LogP contribution in [-0.4, -0.2) is 15.4 Å². The van der Waals surface area contributed by atoms with Gasteiger partial charge < -0.3 is 5.32 Å². The Kier molecular flexibility index (Phi) is 4.25. The number of rotatable bonds is 5. The molecule has 3 aromatic rings. The quantitative estimate of drug-likeness (QED) is 0.740. The second-order valence-corrected chi connectivity index (χ2v) is 6.84. The van der Waals surface area contributed by atoms with Crippen LogP contribution in [0.4, 0.5) is 0 Å². The minimum Gasteiger partial charge on any atom is -0.306 e. The fourth-order valence-corrected chi connectivity index (χ4v) is 3.41. The molecule has 0 spiro atoms. The van der Waals surface area contributed by atoms with E-state index in [-0.39, 0.29) is 0 Å². The molecule has 6 heteroatoms. The number of nitrogens with zero attached hydrogens (tertiary/aromatic N) is 2. The highest BCUT2D eigenvalue weighted by Gasteiger charge is 2.09. The van der Waals surface area contributed by atoms with Gasteiger partial charge in [-0.05, 0) is 28.1 Å². The lowest BCUT2D eigenvalue weighted by Gasteiger charge is -2.02. The molecule has 0 fully saturated rings. The highest BCUT2D eigenvalue weighted by Crippen LogP contribution is 2.22. The van der Waals surface area contributed by atoms with Crippen molar-refractivity contribution >= 4 is 27.3 Å². The molecule has 102 valence electrons. The standard InChI is InChI=1S/C14H13BrN4S/c15-13-7-6-11(20-13)8-16-9-12-14(18-19-17-12)10-4-2-1-3-5-10/h1-7,16H,8-9H2,(H,17,18,19). The summed E-state index contributed by atoms with van der Waals surface area (Å²) >= 11 is 5.20. The molecule has 0 aliphatic heterocycles. The zero-order valence-corrected chi connectivity index (χ0v) is 13.0. The van der Waals surface area contributed by atoms with Gasteiger partial charge in [0.15, 0.2) is 0 Å². The molecule has 0 amide bonds. The van der Waals surface area contributed by atoms with Crippen LogP contribution in [0.1, 0.15) is 10.6 Å². The van der Waals surface area contributed by atoms with Gasteiger partial charge in [0, 0.05) is 23.5 Å².